The van der Waals surface area contributed by atoms with E-state index in [-0.39, 0.29) is 19.1 Å². The summed E-state index contributed by atoms with van der Waals surface area (Å²) in [5, 5.41) is 2.72. The predicted octanol–water partition coefficient (Wildman–Crippen LogP) is 2.52. The smallest absolute Gasteiger partial charge is 0.252 e. The van der Waals surface area contributed by atoms with E-state index in [1.807, 2.05) is 18.2 Å². The van der Waals surface area contributed by atoms with Gasteiger partial charge in [0.15, 0.2) is 23.0 Å². The predicted molar refractivity (Wildman–Crippen MR) is 98.1 cm³/mol. The van der Waals surface area contributed by atoms with Crippen LogP contribution in [0.25, 0.3) is 0 Å². The van der Waals surface area contributed by atoms with Crippen LogP contribution in [0.2, 0.25) is 0 Å². The number of carbonyl (C=O) groups is 1. The highest BCUT2D eigenvalue weighted by atomic mass is 16.5. The second-order valence-corrected chi connectivity index (χ2v) is 5.05. The van der Waals surface area contributed by atoms with E-state index in [0.717, 1.165) is 0 Å². The molecule has 136 valence electrons. The first kappa shape index (κ1) is 19.0. The lowest BCUT2D eigenvalue weighted by Crippen LogP contribution is -2.23. The number of ether oxygens (including phenoxy) is 4. The Morgan fingerprint density at radius 2 is 1.54 bits per heavy atom. The van der Waals surface area contributed by atoms with Crippen molar-refractivity contribution >= 4 is 5.91 Å². The van der Waals surface area contributed by atoms with Crippen LogP contribution in [-0.4, -0.2) is 40.4 Å². The van der Waals surface area contributed by atoms with Crippen LogP contribution in [-0.2, 0) is 0 Å². The summed E-state index contributed by atoms with van der Waals surface area (Å²) in [4.78, 5) is 12.1. The van der Waals surface area contributed by atoms with Crippen LogP contribution in [0.1, 0.15) is 10.4 Å². The summed E-state index contributed by atoms with van der Waals surface area (Å²) in [6.45, 7) is 0.412. The zero-order valence-corrected chi connectivity index (χ0v) is 15.0. The van der Waals surface area contributed by atoms with Crippen molar-refractivity contribution in [2.75, 3.05) is 34.5 Å². The highest BCUT2D eigenvalue weighted by Gasteiger charge is 2.09. The van der Waals surface area contributed by atoms with E-state index in [4.69, 9.17) is 18.9 Å². The molecule has 0 radical (unpaired) electrons. The topological polar surface area (TPSA) is 66.0 Å². The average Bonchev–Trinajstić information content (AvgIpc) is 2.70. The van der Waals surface area contributed by atoms with Crippen molar-refractivity contribution < 1.29 is 23.7 Å². The van der Waals surface area contributed by atoms with Gasteiger partial charge in [-0.05, 0) is 30.3 Å². The minimum Gasteiger partial charge on any atom is -0.493 e. The Kier molecular flexibility index (Phi) is 7.19. The minimum absolute atomic E-state index is 0.201. The Hall–Kier alpha value is -3.33. The zero-order valence-electron chi connectivity index (χ0n) is 15.0. The Morgan fingerprint density at radius 3 is 2.23 bits per heavy atom. The number of carbonyl (C=O) groups excluding carboxylic acids is 1. The van der Waals surface area contributed by atoms with Gasteiger partial charge in [-0.1, -0.05) is 24.0 Å². The van der Waals surface area contributed by atoms with Gasteiger partial charge in [-0.15, -0.1) is 0 Å². The molecule has 2 rings (SSSR count). The minimum atomic E-state index is -0.245. The molecule has 0 aromatic heterocycles. The zero-order chi connectivity index (χ0) is 18.8. The monoisotopic (exact) mass is 355 g/mol. The van der Waals surface area contributed by atoms with Gasteiger partial charge in [0.2, 0.25) is 0 Å². The van der Waals surface area contributed by atoms with E-state index >= 15 is 0 Å². The number of amides is 1. The summed E-state index contributed by atoms with van der Waals surface area (Å²) in [7, 11) is 4.64. The summed E-state index contributed by atoms with van der Waals surface area (Å²) in [6.07, 6.45) is 0. The van der Waals surface area contributed by atoms with E-state index < -0.39 is 0 Å². The van der Waals surface area contributed by atoms with Gasteiger partial charge in [-0.25, -0.2) is 0 Å². The number of benzene rings is 2. The van der Waals surface area contributed by atoms with Crippen LogP contribution < -0.4 is 24.3 Å². The lowest BCUT2D eigenvalue weighted by Gasteiger charge is -2.09. The normalized spacial score (nSPS) is 9.50. The molecule has 0 fully saturated rings. The molecule has 6 heteroatoms. The first-order valence-corrected chi connectivity index (χ1v) is 7.91. The maximum atomic E-state index is 12.1. The SMILES string of the molecule is COc1ccc(C(=O)NCC#CCOc2ccccc2OC)cc1OC. The number of hydrogen-bond acceptors (Lipinski definition) is 5. The fourth-order valence-corrected chi connectivity index (χ4v) is 2.17. The maximum Gasteiger partial charge on any atom is 0.252 e. The number of methoxy groups -OCH3 is 3. The number of nitrogens with one attached hydrogen (secondary N) is 1. The molecule has 0 spiro atoms. The quantitative estimate of drug-likeness (QED) is 0.773. The van der Waals surface area contributed by atoms with Gasteiger partial charge in [0, 0.05) is 5.56 Å². The number of para-hydroxylation sites is 2. The van der Waals surface area contributed by atoms with Crippen molar-refractivity contribution in [1.82, 2.24) is 5.32 Å². The Morgan fingerprint density at radius 1 is 0.885 bits per heavy atom. The van der Waals surface area contributed by atoms with Crippen molar-refractivity contribution in [3.63, 3.8) is 0 Å². The molecule has 0 aliphatic rings. The first-order valence-electron chi connectivity index (χ1n) is 7.91. The lowest BCUT2D eigenvalue weighted by molar-refractivity contribution is 0.0958. The molecule has 0 aliphatic heterocycles. The maximum absolute atomic E-state index is 12.1. The Balaban J connectivity index is 1.83. The summed E-state index contributed by atoms with van der Waals surface area (Å²) < 4.78 is 21.1. The van der Waals surface area contributed by atoms with Crippen molar-refractivity contribution in [3.05, 3.63) is 48.0 Å². The fourth-order valence-electron chi connectivity index (χ4n) is 2.17. The lowest BCUT2D eigenvalue weighted by atomic mass is 10.2. The average molecular weight is 355 g/mol. The molecule has 0 aliphatic carbocycles. The molecular weight excluding hydrogens is 334 g/mol. The van der Waals surface area contributed by atoms with Crippen molar-refractivity contribution in [2.45, 2.75) is 0 Å². The molecule has 26 heavy (non-hydrogen) atoms. The van der Waals surface area contributed by atoms with Crippen molar-refractivity contribution in [3.8, 4) is 34.8 Å². The largest absolute Gasteiger partial charge is 0.493 e. The highest BCUT2D eigenvalue weighted by molar-refractivity contribution is 5.95. The third-order valence-electron chi connectivity index (χ3n) is 3.48. The molecule has 1 amide bonds. The Labute approximate surface area is 153 Å². The van der Waals surface area contributed by atoms with Gasteiger partial charge in [-0.3, -0.25) is 4.79 Å². The molecule has 6 nitrogen and oxygen atoms in total. The van der Waals surface area contributed by atoms with Crippen LogP contribution in [0.15, 0.2) is 42.5 Å². The van der Waals surface area contributed by atoms with Crippen LogP contribution in [0.5, 0.6) is 23.0 Å². The van der Waals surface area contributed by atoms with Crippen LogP contribution >= 0.6 is 0 Å². The van der Waals surface area contributed by atoms with E-state index in [9.17, 15) is 4.79 Å². The number of rotatable bonds is 7. The molecule has 2 aromatic rings. The second-order valence-electron chi connectivity index (χ2n) is 5.05. The first-order chi connectivity index (χ1) is 12.7. The standard InChI is InChI=1S/C20H21NO5/c1-23-16-8-4-5-9-18(16)26-13-7-6-12-21-20(22)15-10-11-17(24-2)19(14-15)25-3/h4-5,8-11,14H,12-13H2,1-3H3,(H,21,22). The summed E-state index contributed by atoms with van der Waals surface area (Å²) in [5.74, 6) is 7.78. The molecule has 0 saturated heterocycles. The third-order valence-corrected chi connectivity index (χ3v) is 3.48. The van der Waals surface area contributed by atoms with E-state index in [1.54, 1.807) is 38.5 Å². The van der Waals surface area contributed by atoms with Gasteiger partial charge in [-0.2, -0.15) is 0 Å². The fraction of sp³-hybridized carbons (Fsp3) is 0.250. The van der Waals surface area contributed by atoms with Crippen LogP contribution in [0.3, 0.4) is 0 Å². The van der Waals surface area contributed by atoms with E-state index in [1.165, 1.54) is 7.11 Å². The van der Waals surface area contributed by atoms with E-state index in [0.29, 0.717) is 28.6 Å². The van der Waals surface area contributed by atoms with Gasteiger partial charge in [0.25, 0.3) is 5.91 Å². The molecule has 0 bridgehead atoms. The molecule has 0 heterocycles. The summed E-state index contributed by atoms with van der Waals surface area (Å²) >= 11 is 0. The van der Waals surface area contributed by atoms with Gasteiger partial charge < -0.3 is 24.3 Å². The summed E-state index contributed by atoms with van der Waals surface area (Å²) in [5.41, 5.74) is 0.467. The van der Waals surface area contributed by atoms with Crippen LogP contribution in [0.4, 0.5) is 0 Å². The van der Waals surface area contributed by atoms with Gasteiger partial charge >= 0.3 is 0 Å². The van der Waals surface area contributed by atoms with E-state index in [2.05, 4.69) is 17.2 Å². The summed E-state index contributed by atoms with van der Waals surface area (Å²) in [6, 6.07) is 12.3. The van der Waals surface area contributed by atoms with Crippen molar-refractivity contribution in [1.29, 1.82) is 0 Å². The van der Waals surface area contributed by atoms with Crippen molar-refractivity contribution in [2.24, 2.45) is 0 Å². The molecular formula is C20H21NO5. The molecule has 0 saturated carbocycles. The van der Waals surface area contributed by atoms with Gasteiger partial charge in [0.05, 0.1) is 27.9 Å². The molecule has 1 N–H and O–H groups in total. The van der Waals surface area contributed by atoms with Crippen LogP contribution in [0, 0.1) is 11.8 Å². The third kappa shape index (κ3) is 5.08. The molecule has 2 aromatic carbocycles. The van der Waals surface area contributed by atoms with Gasteiger partial charge in [0.1, 0.15) is 6.61 Å². The Bertz CT molecular complexity index is 807. The molecule has 0 atom stereocenters. The molecule has 0 unspecified atom stereocenters. The number of hydrogen-bond donors (Lipinski definition) is 1. The second kappa shape index (κ2) is 9.84. The highest BCUT2D eigenvalue weighted by Crippen LogP contribution is 2.27.